The molecule has 152 valence electrons. The average Bonchev–Trinajstić information content (AvgIpc) is 3.24. The Balaban J connectivity index is 1.56. The number of carbonyl (C=O) groups excluding carboxylic acids is 2. The van der Waals surface area contributed by atoms with Crippen molar-refractivity contribution < 1.29 is 14.0 Å². The van der Waals surface area contributed by atoms with Crippen LogP contribution in [0.4, 0.5) is 4.39 Å². The van der Waals surface area contributed by atoms with Crippen molar-refractivity contribution in [3.05, 3.63) is 52.3 Å². The van der Waals surface area contributed by atoms with E-state index in [0.29, 0.717) is 24.5 Å². The minimum Gasteiger partial charge on any atom is -0.352 e. The van der Waals surface area contributed by atoms with E-state index in [1.807, 2.05) is 22.6 Å². The first-order chi connectivity index (χ1) is 13.9. The SMILES string of the molecule is CC(=O)N[C@@H]1CCCN(C(=O)c2cc3c(C)nn(Cc4ccc(F)cc4)c3s2)C1. The largest absolute Gasteiger partial charge is 0.352 e. The van der Waals surface area contributed by atoms with Gasteiger partial charge in [0.05, 0.1) is 17.1 Å². The number of amides is 2. The van der Waals surface area contributed by atoms with Gasteiger partial charge in [-0.2, -0.15) is 5.10 Å². The molecule has 0 spiro atoms. The Kier molecular flexibility index (Phi) is 5.36. The second kappa shape index (κ2) is 7.94. The molecule has 1 aliphatic heterocycles. The molecule has 3 aromatic rings. The van der Waals surface area contributed by atoms with Crippen molar-refractivity contribution in [3.63, 3.8) is 0 Å². The van der Waals surface area contributed by atoms with E-state index < -0.39 is 0 Å². The molecular formula is C21H23FN4O2S. The standard InChI is InChI=1S/C21H23FN4O2S/c1-13-18-10-19(20(28)25-9-3-4-17(12-25)23-14(2)27)29-21(18)26(24-13)11-15-5-7-16(22)8-6-15/h5-8,10,17H,3-4,9,11-12H2,1-2H3,(H,23,27)/t17-/m1/s1. The van der Waals surface area contributed by atoms with Crippen LogP contribution in [-0.4, -0.2) is 45.6 Å². The number of benzene rings is 1. The van der Waals surface area contributed by atoms with Gasteiger partial charge in [-0.15, -0.1) is 11.3 Å². The highest BCUT2D eigenvalue weighted by molar-refractivity contribution is 7.20. The van der Waals surface area contributed by atoms with Gasteiger partial charge in [0, 0.05) is 31.4 Å². The molecule has 0 unspecified atom stereocenters. The zero-order valence-electron chi connectivity index (χ0n) is 16.4. The lowest BCUT2D eigenvalue weighted by Gasteiger charge is -2.32. The molecular weight excluding hydrogens is 391 g/mol. The molecule has 6 nitrogen and oxygen atoms in total. The van der Waals surface area contributed by atoms with Gasteiger partial charge in [0.25, 0.3) is 5.91 Å². The van der Waals surface area contributed by atoms with Gasteiger partial charge in [0.15, 0.2) is 0 Å². The Morgan fingerprint density at radius 1 is 1.31 bits per heavy atom. The van der Waals surface area contributed by atoms with Crippen molar-refractivity contribution in [1.82, 2.24) is 20.0 Å². The molecule has 1 fully saturated rings. The summed E-state index contributed by atoms with van der Waals surface area (Å²) < 4.78 is 15.0. The number of rotatable bonds is 4. The molecule has 2 aromatic heterocycles. The Morgan fingerprint density at radius 3 is 2.79 bits per heavy atom. The van der Waals surface area contributed by atoms with E-state index in [0.717, 1.165) is 34.3 Å². The van der Waals surface area contributed by atoms with E-state index in [2.05, 4.69) is 10.4 Å². The predicted octanol–water partition coefficient (Wildman–Crippen LogP) is 3.33. The molecule has 1 saturated heterocycles. The fourth-order valence-corrected chi connectivity index (χ4v) is 4.94. The number of hydrogen-bond donors (Lipinski definition) is 1. The van der Waals surface area contributed by atoms with Crippen molar-refractivity contribution in [1.29, 1.82) is 0 Å². The Morgan fingerprint density at radius 2 is 2.07 bits per heavy atom. The molecule has 3 heterocycles. The number of hydrogen-bond acceptors (Lipinski definition) is 4. The predicted molar refractivity (Wildman–Crippen MR) is 111 cm³/mol. The van der Waals surface area contributed by atoms with Gasteiger partial charge in [-0.25, -0.2) is 4.39 Å². The third-order valence-electron chi connectivity index (χ3n) is 5.18. The van der Waals surface area contributed by atoms with Crippen molar-refractivity contribution >= 4 is 33.4 Å². The topological polar surface area (TPSA) is 67.2 Å². The van der Waals surface area contributed by atoms with E-state index in [4.69, 9.17) is 0 Å². The number of piperidine rings is 1. The van der Waals surface area contributed by atoms with Crippen LogP contribution in [0.1, 0.15) is 40.7 Å². The number of nitrogens with zero attached hydrogens (tertiary/aromatic N) is 3. The molecule has 1 aromatic carbocycles. The van der Waals surface area contributed by atoms with Crippen LogP contribution in [0.25, 0.3) is 10.2 Å². The third-order valence-corrected chi connectivity index (χ3v) is 6.32. The number of nitrogens with one attached hydrogen (secondary N) is 1. The summed E-state index contributed by atoms with van der Waals surface area (Å²) in [5.74, 6) is -0.338. The van der Waals surface area contributed by atoms with Crippen LogP contribution >= 0.6 is 11.3 Å². The van der Waals surface area contributed by atoms with Crippen LogP contribution < -0.4 is 5.32 Å². The normalized spacial score (nSPS) is 16.9. The van der Waals surface area contributed by atoms with E-state index in [-0.39, 0.29) is 23.7 Å². The van der Waals surface area contributed by atoms with Gasteiger partial charge in [-0.3, -0.25) is 14.3 Å². The average molecular weight is 415 g/mol. The maximum atomic E-state index is 13.2. The first-order valence-corrected chi connectivity index (χ1v) is 10.5. The van der Waals surface area contributed by atoms with Crippen molar-refractivity contribution in [2.75, 3.05) is 13.1 Å². The molecule has 1 atom stereocenters. The summed E-state index contributed by atoms with van der Waals surface area (Å²) in [5.41, 5.74) is 1.82. The lowest BCUT2D eigenvalue weighted by atomic mass is 10.1. The van der Waals surface area contributed by atoms with Crippen LogP contribution in [0.2, 0.25) is 0 Å². The maximum absolute atomic E-state index is 13.2. The number of likely N-dealkylation sites (tertiary alicyclic amines) is 1. The summed E-state index contributed by atoms with van der Waals surface area (Å²) in [6.45, 7) is 5.19. The van der Waals surface area contributed by atoms with Crippen LogP contribution in [-0.2, 0) is 11.3 Å². The van der Waals surface area contributed by atoms with Gasteiger partial charge in [-0.1, -0.05) is 12.1 Å². The van der Waals surface area contributed by atoms with Gasteiger partial charge >= 0.3 is 0 Å². The molecule has 0 radical (unpaired) electrons. The van der Waals surface area contributed by atoms with Gasteiger partial charge in [0.2, 0.25) is 5.91 Å². The Bertz CT molecular complexity index is 1060. The summed E-state index contributed by atoms with van der Waals surface area (Å²) in [7, 11) is 0. The minimum atomic E-state index is -0.265. The number of thiophene rings is 1. The summed E-state index contributed by atoms with van der Waals surface area (Å²) in [6.07, 6.45) is 1.76. The monoisotopic (exact) mass is 414 g/mol. The van der Waals surface area contributed by atoms with Crippen LogP contribution in [0.3, 0.4) is 0 Å². The van der Waals surface area contributed by atoms with E-state index >= 15 is 0 Å². The molecule has 1 N–H and O–H groups in total. The van der Waals surface area contributed by atoms with Crippen LogP contribution in [0.5, 0.6) is 0 Å². The molecule has 29 heavy (non-hydrogen) atoms. The second-order valence-electron chi connectivity index (χ2n) is 7.49. The van der Waals surface area contributed by atoms with E-state index in [9.17, 15) is 14.0 Å². The van der Waals surface area contributed by atoms with Crippen LogP contribution in [0, 0.1) is 12.7 Å². The molecule has 8 heteroatoms. The fraction of sp³-hybridized carbons (Fsp3) is 0.381. The summed E-state index contributed by atoms with van der Waals surface area (Å²) in [5, 5.41) is 8.47. The smallest absolute Gasteiger partial charge is 0.264 e. The van der Waals surface area contributed by atoms with Gasteiger partial charge in [0.1, 0.15) is 10.6 Å². The first-order valence-electron chi connectivity index (χ1n) is 9.68. The van der Waals surface area contributed by atoms with Crippen molar-refractivity contribution in [2.45, 2.75) is 39.3 Å². The minimum absolute atomic E-state index is 0.00557. The highest BCUT2D eigenvalue weighted by Crippen LogP contribution is 2.30. The van der Waals surface area contributed by atoms with Gasteiger partial charge in [-0.05, 0) is 43.5 Å². The maximum Gasteiger partial charge on any atom is 0.264 e. The summed E-state index contributed by atoms with van der Waals surface area (Å²) in [4.78, 5) is 27.8. The molecule has 0 aliphatic carbocycles. The molecule has 2 amide bonds. The lowest BCUT2D eigenvalue weighted by molar-refractivity contribution is -0.120. The van der Waals surface area contributed by atoms with Gasteiger partial charge < -0.3 is 10.2 Å². The van der Waals surface area contributed by atoms with Crippen molar-refractivity contribution in [3.8, 4) is 0 Å². The first kappa shape index (κ1) is 19.6. The summed E-state index contributed by atoms with van der Waals surface area (Å²) >= 11 is 1.43. The highest BCUT2D eigenvalue weighted by atomic mass is 32.1. The number of aryl methyl sites for hydroxylation is 1. The zero-order valence-corrected chi connectivity index (χ0v) is 17.3. The van der Waals surface area contributed by atoms with E-state index in [1.165, 1.54) is 30.4 Å². The molecule has 0 saturated carbocycles. The number of carbonyl (C=O) groups is 2. The quantitative estimate of drug-likeness (QED) is 0.712. The molecule has 0 bridgehead atoms. The summed E-state index contributed by atoms with van der Waals surface area (Å²) in [6, 6.07) is 8.28. The number of fused-ring (bicyclic) bond motifs is 1. The fourth-order valence-electron chi connectivity index (χ4n) is 3.81. The van der Waals surface area contributed by atoms with Crippen molar-refractivity contribution in [2.24, 2.45) is 0 Å². The highest BCUT2D eigenvalue weighted by Gasteiger charge is 2.27. The number of aromatic nitrogens is 2. The number of halogens is 1. The lowest BCUT2D eigenvalue weighted by Crippen LogP contribution is -2.49. The Hall–Kier alpha value is -2.74. The van der Waals surface area contributed by atoms with Crippen LogP contribution in [0.15, 0.2) is 30.3 Å². The van der Waals surface area contributed by atoms with E-state index in [1.54, 1.807) is 12.1 Å². The third kappa shape index (κ3) is 4.17. The Labute approximate surface area is 172 Å². The molecule has 1 aliphatic rings. The second-order valence-corrected chi connectivity index (χ2v) is 8.52. The zero-order chi connectivity index (χ0) is 20.5. The molecule has 4 rings (SSSR count).